The Hall–Kier alpha value is -2.36. The molecule has 18 heavy (non-hydrogen) atoms. The molecule has 0 radical (unpaired) electrons. The summed E-state index contributed by atoms with van der Waals surface area (Å²) in [5, 5.41) is 0. The molecule has 4 heteroatoms. The third kappa shape index (κ3) is 5.65. The lowest BCUT2D eigenvalue weighted by atomic mass is 10.1. The number of allylic oxidation sites excluding steroid dienone is 2. The molecule has 0 unspecified atom stereocenters. The molecule has 0 aromatic heterocycles. The molecule has 0 heterocycles. The van der Waals surface area contributed by atoms with Crippen molar-refractivity contribution in [2.45, 2.75) is 12.8 Å². The van der Waals surface area contributed by atoms with E-state index in [0.29, 0.717) is 12.8 Å². The standard InChI is InChI=1S/C14H16N2O2/c15-13(17)5-1-3-11-7-9-12(10-8-11)4-2-6-14(16)18/h1-2,5-10H,3-4H2,(H2,15,17)(H2,16,18). The summed E-state index contributed by atoms with van der Waals surface area (Å²) >= 11 is 0. The number of nitrogens with two attached hydrogens (primary N) is 2. The van der Waals surface area contributed by atoms with E-state index in [2.05, 4.69) is 0 Å². The number of benzene rings is 1. The minimum atomic E-state index is -0.441. The highest BCUT2D eigenvalue weighted by Gasteiger charge is 1.93. The first-order valence-electron chi connectivity index (χ1n) is 5.57. The summed E-state index contributed by atoms with van der Waals surface area (Å²) in [7, 11) is 0. The van der Waals surface area contributed by atoms with Crippen LogP contribution in [0, 0.1) is 0 Å². The third-order valence-corrected chi connectivity index (χ3v) is 2.29. The van der Waals surface area contributed by atoms with Crippen LogP contribution in [0.25, 0.3) is 0 Å². The maximum absolute atomic E-state index is 10.5. The van der Waals surface area contributed by atoms with Crippen molar-refractivity contribution in [3.8, 4) is 0 Å². The number of rotatable bonds is 6. The SMILES string of the molecule is NC(=O)C=CCc1ccc(CC=CC(N)=O)cc1. The molecule has 0 fully saturated rings. The summed E-state index contributed by atoms with van der Waals surface area (Å²) in [5.74, 6) is -0.883. The van der Waals surface area contributed by atoms with Crippen LogP contribution in [0.4, 0.5) is 0 Å². The minimum Gasteiger partial charge on any atom is -0.366 e. The van der Waals surface area contributed by atoms with Gasteiger partial charge in [-0.1, -0.05) is 36.4 Å². The van der Waals surface area contributed by atoms with Crippen LogP contribution in [0.15, 0.2) is 48.6 Å². The van der Waals surface area contributed by atoms with Gasteiger partial charge in [-0.2, -0.15) is 0 Å². The molecule has 0 bridgehead atoms. The van der Waals surface area contributed by atoms with Crippen molar-refractivity contribution in [2.24, 2.45) is 11.5 Å². The van der Waals surface area contributed by atoms with Crippen molar-refractivity contribution in [1.29, 1.82) is 0 Å². The van der Waals surface area contributed by atoms with Gasteiger partial charge in [0.15, 0.2) is 0 Å². The largest absolute Gasteiger partial charge is 0.366 e. The van der Waals surface area contributed by atoms with Gasteiger partial charge in [-0.05, 0) is 36.1 Å². The molecule has 2 amide bonds. The summed E-state index contributed by atoms with van der Waals surface area (Å²) in [6.07, 6.45) is 7.49. The molecule has 94 valence electrons. The molecule has 0 aliphatic heterocycles. The van der Waals surface area contributed by atoms with Crippen LogP contribution >= 0.6 is 0 Å². The summed E-state index contributed by atoms with van der Waals surface area (Å²) in [5.41, 5.74) is 12.2. The lowest BCUT2D eigenvalue weighted by molar-refractivity contribution is -0.114. The van der Waals surface area contributed by atoms with Crippen molar-refractivity contribution in [3.63, 3.8) is 0 Å². The first-order valence-corrected chi connectivity index (χ1v) is 5.57. The van der Waals surface area contributed by atoms with Crippen LogP contribution in [0.2, 0.25) is 0 Å². The lowest BCUT2D eigenvalue weighted by Gasteiger charge is -1.99. The first kappa shape index (κ1) is 13.7. The minimum absolute atomic E-state index is 0.441. The van der Waals surface area contributed by atoms with Crippen molar-refractivity contribution < 1.29 is 9.59 Å². The highest BCUT2D eigenvalue weighted by Crippen LogP contribution is 2.06. The monoisotopic (exact) mass is 244 g/mol. The van der Waals surface area contributed by atoms with E-state index >= 15 is 0 Å². The quantitative estimate of drug-likeness (QED) is 0.727. The number of primary amides is 2. The highest BCUT2D eigenvalue weighted by atomic mass is 16.1. The normalized spacial score (nSPS) is 11.1. The van der Waals surface area contributed by atoms with Gasteiger partial charge in [-0.25, -0.2) is 0 Å². The van der Waals surface area contributed by atoms with Crippen molar-refractivity contribution >= 4 is 11.8 Å². The molecule has 0 saturated carbocycles. The Balaban J connectivity index is 2.52. The molecule has 1 rings (SSSR count). The summed E-state index contributed by atoms with van der Waals surface area (Å²) in [4.78, 5) is 21.0. The fourth-order valence-corrected chi connectivity index (χ4v) is 1.43. The zero-order valence-corrected chi connectivity index (χ0v) is 10.0. The van der Waals surface area contributed by atoms with E-state index in [1.165, 1.54) is 12.2 Å². The molecule has 4 nitrogen and oxygen atoms in total. The van der Waals surface area contributed by atoms with Gasteiger partial charge in [-0.15, -0.1) is 0 Å². The van der Waals surface area contributed by atoms with Crippen LogP contribution in [0.5, 0.6) is 0 Å². The summed E-state index contributed by atoms with van der Waals surface area (Å²) in [6.45, 7) is 0. The number of hydrogen-bond acceptors (Lipinski definition) is 2. The highest BCUT2D eigenvalue weighted by molar-refractivity contribution is 5.86. The second kappa shape index (κ2) is 7.06. The van der Waals surface area contributed by atoms with Crippen LogP contribution in [-0.2, 0) is 22.4 Å². The number of amides is 2. The Bertz CT molecular complexity index is 428. The van der Waals surface area contributed by atoms with E-state index < -0.39 is 11.8 Å². The van der Waals surface area contributed by atoms with E-state index in [1.807, 2.05) is 24.3 Å². The van der Waals surface area contributed by atoms with E-state index in [4.69, 9.17) is 11.5 Å². The molecule has 1 aromatic rings. The van der Waals surface area contributed by atoms with Gasteiger partial charge >= 0.3 is 0 Å². The Labute approximate surface area is 106 Å². The van der Waals surface area contributed by atoms with E-state index in [9.17, 15) is 9.59 Å². The van der Waals surface area contributed by atoms with Gasteiger partial charge in [0.05, 0.1) is 0 Å². The Morgan fingerprint density at radius 3 is 1.44 bits per heavy atom. The first-order chi connectivity index (χ1) is 8.58. The van der Waals surface area contributed by atoms with Gasteiger partial charge in [0.2, 0.25) is 11.8 Å². The predicted octanol–water partition coefficient (Wildman–Crippen LogP) is 0.855. The molecule has 1 aromatic carbocycles. The van der Waals surface area contributed by atoms with Crippen molar-refractivity contribution in [2.75, 3.05) is 0 Å². The average Bonchev–Trinajstić information content (AvgIpc) is 2.30. The zero-order valence-electron chi connectivity index (χ0n) is 10.0. The topological polar surface area (TPSA) is 86.2 Å². The molecule has 0 aliphatic carbocycles. The summed E-state index contributed by atoms with van der Waals surface area (Å²) in [6, 6.07) is 7.88. The maximum Gasteiger partial charge on any atom is 0.241 e. The third-order valence-electron chi connectivity index (χ3n) is 2.29. The molecular formula is C14H16N2O2. The molecule has 0 aliphatic rings. The summed E-state index contributed by atoms with van der Waals surface area (Å²) < 4.78 is 0. The fraction of sp³-hybridized carbons (Fsp3) is 0.143. The molecule has 0 atom stereocenters. The van der Waals surface area contributed by atoms with Crippen LogP contribution < -0.4 is 11.5 Å². The van der Waals surface area contributed by atoms with Gasteiger partial charge in [0.25, 0.3) is 0 Å². The van der Waals surface area contributed by atoms with Gasteiger partial charge < -0.3 is 11.5 Å². The molecular weight excluding hydrogens is 228 g/mol. The van der Waals surface area contributed by atoms with Crippen LogP contribution in [0.1, 0.15) is 11.1 Å². The average molecular weight is 244 g/mol. The van der Waals surface area contributed by atoms with Crippen molar-refractivity contribution in [1.82, 2.24) is 0 Å². The van der Waals surface area contributed by atoms with E-state index in [-0.39, 0.29) is 0 Å². The van der Waals surface area contributed by atoms with E-state index in [1.54, 1.807) is 12.2 Å². The Morgan fingerprint density at radius 1 is 0.833 bits per heavy atom. The van der Waals surface area contributed by atoms with Gasteiger partial charge in [0.1, 0.15) is 0 Å². The number of carbonyl (C=O) groups excluding carboxylic acids is 2. The zero-order chi connectivity index (χ0) is 13.4. The Kier molecular flexibility index (Phi) is 5.38. The molecule has 4 N–H and O–H groups in total. The number of carbonyl (C=O) groups is 2. The predicted molar refractivity (Wildman–Crippen MR) is 70.5 cm³/mol. The maximum atomic E-state index is 10.5. The Morgan fingerprint density at radius 2 is 1.17 bits per heavy atom. The number of hydrogen-bond donors (Lipinski definition) is 2. The molecule has 0 spiro atoms. The molecule has 0 saturated heterocycles. The smallest absolute Gasteiger partial charge is 0.241 e. The second-order valence-corrected chi connectivity index (χ2v) is 3.83. The van der Waals surface area contributed by atoms with Crippen LogP contribution in [-0.4, -0.2) is 11.8 Å². The van der Waals surface area contributed by atoms with Gasteiger partial charge in [0, 0.05) is 0 Å². The van der Waals surface area contributed by atoms with Crippen LogP contribution in [0.3, 0.4) is 0 Å². The fourth-order valence-electron chi connectivity index (χ4n) is 1.43. The van der Waals surface area contributed by atoms with Gasteiger partial charge in [-0.3, -0.25) is 9.59 Å². The van der Waals surface area contributed by atoms with E-state index in [0.717, 1.165) is 11.1 Å². The van der Waals surface area contributed by atoms with Crippen molar-refractivity contribution in [3.05, 3.63) is 59.7 Å². The second-order valence-electron chi connectivity index (χ2n) is 3.83. The lowest BCUT2D eigenvalue weighted by Crippen LogP contribution is -2.05.